The van der Waals surface area contributed by atoms with Crippen molar-refractivity contribution in [3.05, 3.63) is 59.8 Å². The van der Waals surface area contributed by atoms with Crippen LogP contribution in [0.5, 0.6) is 5.75 Å². The van der Waals surface area contributed by atoms with Crippen LogP contribution in [0.25, 0.3) is 10.9 Å². The van der Waals surface area contributed by atoms with Gasteiger partial charge in [-0.05, 0) is 43.7 Å². The molecule has 0 unspecified atom stereocenters. The topological polar surface area (TPSA) is 72.6 Å². The number of piperazine rings is 1. The van der Waals surface area contributed by atoms with Gasteiger partial charge in [-0.1, -0.05) is 31.5 Å². The molecule has 1 saturated heterocycles. The average Bonchev–Trinajstić information content (AvgIpc) is 3.26. The van der Waals surface area contributed by atoms with Gasteiger partial charge in [0.1, 0.15) is 12.4 Å². The van der Waals surface area contributed by atoms with E-state index in [0.717, 1.165) is 74.5 Å². The third kappa shape index (κ3) is 6.74. The Morgan fingerprint density at radius 1 is 1.12 bits per heavy atom. The second kappa shape index (κ2) is 11.9. The molecular weight excluding hydrogens is 426 g/mol. The smallest absolute Gasteiger partial charge is 0.319 e. The molecule has 1 aromatic heterocycles. The zero-order valence-corrected chi connectivity index (χ0v) is 20.4. The van der Waals surface area contributed by atoms with Gasteiger partial charge in [-0.15, -0.1) is 0 Å². The number of carbonyl (C=O) groups is 1. The summed E-state index contributed by atoms with van der Waals surface area (Å²) in [4.78, 5) is 20.6. The molecule has 7 heteroatoms. The molecule has 0 spiro atoms. The number of urea groups is 1. The summed E-state index contributed by atoms with van der Waals surface area (Å²) in [5.41, 5.74) is 4.16. The molecule has 0 bridgehead atoms. The van der Waals surface area contributed by atoms with E-state index >= 15 is 0 Å². The van der Waals surface area contributed by atoms with Gasteiger partial charge in [0.25, 0.3) is 0 Å². The number of para-hydroxylation sites is 1. The van der Waals surface area contributed by atoms with E-state index in [1.165, 1.54) is 10.9 Å². The maximum Gasteiger partial charge on any atom is 0.319 e. The Morgan fingerprint density at radius 2 is 1.94 bits per heavy atom. The molecule has 1 aliphatic heterocycles. The predicted octanol–water partition coefficient (Wildman–Crippen LogP) is 4.46. The molecule has 1 aliphatic rings. The number of carbonyl (C=O) groups excluding carboxylic acids is 1. The van der Waals surface area contributed by atoms with Gasteiger partial charge in [-0.3, -0.25) is 4.90 Å². The minimum absolute atomic E-state index is 0.177. The van der Waals surface area contributed by atoms with Gasteiger partial charge in [-0.25, -0.2) is 4.79 Å². The van der Waals surface area contributed by atoms with Crippen molar-refractivity contribution in [1.29, 1.82) is 0 Å². The molecular formula is C27H37N5O2. The number of rotatable bonds is 10. The molecule has 2 aromatic carbocycles. The Balaban J connectivity index is 1.35. The molecule has 3 N–H and O–H groups in total. The lowest BCUT2D eigenvalue weighted by atomic mass is 10.1. The van der Waals surface area contributed by atoms with Crippen molar-refractivity contribution in [2.75, 3.05) is 51.6 Å². The summed E-state index contributed by atoms with van der Waals surface area (Å²) >= 11 is 0. The number of anilines is 1. The van der Waals surface area contributed by atoms with Crippen LogP contribution in [0.3, 0.4) is 0 Å². The number of hydrogen-bond donors (Lipinski definition) is 3. The molecule has 2 heterocycles. The Hall–Kier alpha value is -3.03. The summed E-state index contributed by atoms with van der Waals surface area (Å²) in [5, 5.41) is 7.17. The number of ether oxygens (including phenoxy) is 1. The van der Waals surface area contributed by atoms with E-state index in [-0.39, 0.29) is 6.03 Å². The minimum atomic E-state index is -0.177. The second-order valence-electron chi connectivity index (χ2n) is 9.14. The number of nitrogens with one attached hydrogen (secondary N) is 3. The summed E-state index contributed by atoms with van der Waals surface area (Å²) < 4.78 is 6.17. The van der Waals surface area contributed by atoms with Gasteiger partial charge in [0.2, 0.25) is 0 Å². The summed E-state index contributed by atoms with van der Waals surface area (Å²) in [7, 11) is 2.15. The highest BCUT2D eigenvalue weighted by molar-refractivity contribution is 5.89. The van der Waals surface area contributed by atoms with E-state index in [1.807, 2.05) is 30.5 Å². The highest BCUT2D eigenvalue weighted by Gasteiger charge is 2.14. The maximum atomic E-state index is 12.5. The van der Waals surface area contributed by atoms with Gasteiger partial charge in [0, 0.05) is 73.7 Å². The SMILES string of the molecule is CCCCc1cc(NC(=O)NCCN2CCN(C)CC2)cc(OCc2c[nH]c3ccccc23)c1. The van der Waals surface area contributed by atoms with Crippen LogP contribution in [-0.2, 0) is 13.0 Å². The fourth-order valence-electron chi connectivity index (χ4n) is 4.33. The normalized spacial score (nSPS) is 14.9. The van der Waals surface area contributed by atoms with Crippen molar-refractivity contribution in [2.24, 2.45) is 0 Å². The van der Waals surface area contributed by atoms with Crippen LogP contribution in [0.2, 0.25) is 0 Å². The number of unbranched alkanes of at least 4 members (excludes halogenated alkanes) is 1. The zero-order valence-electron chi connectivity index (χ0n) is 20.4. The third-order valence-electron chi connectivity index (χ3n) is 6.42. The van der Waals surface area contributed by atoms with Crippen molar-refractivity contribution >= 4 is 22.6 Å². The molecule has 1 fully saturated rings. The quantitative estimate of drug-likeness (QED) is 0.415. The van der Waals surface area contributed by atoms with E-state index < -0.39 is 0 Å². The number of fused-ring (bicyclic) bond motifs is 1. The number of aryl methyl sites for hydroxylation is 1. The Morgan fingerprint density at radius 3 is 2.76 bits per heavy atom. The largest absolute Gasteiger partial charge is 0.489 e. The molecule has 7 nitrogen and oxygen atoms in total. The Labute approximate surface area is 202 Å². The number of amides is 2. The average molecular weight is 464 g/mol. The summed E-state index contributed by atoms with van der Waals surface area (Å²) in [6.45, 7) is 8.43. The molecule has 4 rings (SSSR count). The first-order chi connectivity index (χ1) is 16.6. The van der Waals surface area contributed by atoms with Crippen LogP contribution in [0.1, 0.15) is 30.9 Å². The van der Waals surface area contributed by atoms with Crippen LogP contribution in [0, 0.1) is 0 Å². The molecule has 2 amide bonds. The zero-order chi connectivity index (χ0) is 23.8. The Kier molecular flexibility index (Phi) is 8.44. The standard InChI is InChI=1S/C27H37N5O2/c1-3-4-7-21-16-23(30-27(33)28-10-11-32-14-12-31(2)13-15-32)18-24(17-21)34-20-22-19-29-26-9-6-5-8-25(22)26/h5-6,8-9,16-19,29H,3-4,7,10-15,20H2,1-2H3,(H2,28,30,33). The molecule has 0 saturated carbocycles. The number of benzene rings is 2. The summed E-state index contributed by atoms with van der Waals surface area (Å²) in [6, 6.07) is 14.1. The highest BCUT2D eigenvalue weighted by atomic mass is 16.5. The lowest BCUT2D eigenvalue weighted by Crippen LogP contribution is -2.47. The molecule has 0 radical (unpaired) electrons. The van der Waals surface area contributed by atoms with Gasteiger partial charge in [-0.2, -0.15) is 0 Å². The van der Waals surface area contributed by atoms with E-state index in [9.17, 15) is 4.79 Å². The van der Waals surface area contributed by atoms with Gasteiger partial charge in [0.15, 0.2) is 0 Å². The number of likely N-dealkylation sites (N-methyl/N-ethyl adjacent to an activating group) is 1. The van der Waals surface area contributed by atoms with Crippen LogP contribution in [-0.4, -0.2) is 67.1 Å². The van der Waals surface area contributed by atoms with Gasteiger partial charge in [0.05, 0.1) is 0 Å². The van der Waals surface area contributed by atoms with E-state index in [2.05, 4.69) is 57.6 Å². The number of aromatic amines is 1. The lowest BCUT2D eigenvalue weighted by molar-refractivity contribution is 0.155. The molecule has 34 heavy (non-hydrogen) atoms. The van der Waals surface area contributed by atoms with Gasteiger partial charge < -0.3 is 25.3 Å². The van der Waals surface area contributed by atoms with Crippen molar-refractivity contribution in [2.45, 2.75) is 32.8 Å². The van der Waals surface area contributed by atoms with Crippen molar-refractivity contribution in [3.63, 3.8) is 0 Å². The molecule has 0 aliphatic carbocycles. The fourth-order valence-corrected chi connectivity index (χ4v) is 4.33. The number of H-pyrrole nitrogens is 1. The maximum absolute atomic E-state index is 12.5. The first-order valence-electron chi connectivity index (χ1n) is 12.4. The Bertz CT molecular complexity index is 1070. The van der Waals surface area contributed by atoms with E-state index in [0.29, 0.717) is 13.2 Å². The second-order valence-corrected chi connectivity index (χ2v) is 9.14. The monoisotopic (exact) mass is 463 g/mol. The van der Waals surface area contributed by atoms with Crippen LogP contribution in [0.4, 0.5) is 10.5 Å². The highest BCUT2D eigenvalue weighted by Crippen LogP contribution is 2.25. The number of nitrogens with zero attached hydrogens (tertiary/aromatic N) is 2. The molecule has 182 valence electrons. The van der Waals surface area contributed by atoms with Crippen LogP contribution >= 0.6 is 0 Å². The van der Waals surface area contributed by atoms with Crippen LogP contribution < -0.4 is 15.4 Å². The summed E-state index contributed by atoms with van der Waals surface area (Å²) in [6.07, 6.45) is 5.18. The number of aromatic nitrogens is 1. The molecule has 3 aromatic rings. The first-order valence-corrected chi connectivity index (χ1v) is 12.4. The van der Waals surface area contributed by atoms with E-state index in [4.69, 9.17) is 4.74 Å². The first kappa shape index (κ1) is 24.1. The van der Waals surface area contributed by atoms with Crippen molar-refractivity contribution < 1.29 is 9.53 Å². The minimum Gasteiger partial charge on any atom is -0.489 e. The van der Waals surface area contributed by atoms with Crippen LogP contribution in [0.15, 0.2) is 48.7 Å². The molecule has 0 atom stereocenters. The third-order valence-corrected chi connectivity index (χ3v) is 6.42. The van der Waals surface area contributed by atoms with Gasteiger partial charge >= 0.3 is 6.03 Å². The number of hydrogen-bond acceptors (Lipinski definition) is 4. The van der Waals surface area contributed by atoms with Crippen molar-refractivity contribution in [3.8, 4) is 5.75 Å². The lowest BCUT2D eigenvalue weighted by Gasteiger charge is -2.32. The van der Waals surface area contributed by atoms with Crippen molar-refractivity contribution in [1.82, 2.24) is 20.1 Å². The summed E-state index contributed by atoms with van der Waals surface area (Å²) in [5.74, 6) is 0.770. The fraction of sp³-hybridized carbons (Fsp3) is 0.444. The van der Waals surface area contributed by atoms with E-state index in [1.54, 1.807) is 0 Å². The predicted molar refractivity (Wildman–Crippen MR) is 139 cm³/mol.